The lowest BCUT2D eigenvalue weighted by Gasteiger charge is -2.12. The van der Waals surface area contributed by atoms with E-state index >= 15 is 0 Å². The van der Waals surface area contributed by atoms with Crippen molar-refractivity contribution in [1.82, 2.24) is 14.5 Å². The number of aromatic nitrogens is 3. The fourth-order valence-electron chi connectivity index (χ4n) is 3.95. The van der Waals surface area contributed by atoms with Crippen molar-refractivity contribution >= 4 is 40.1 Å². The number of carboxylic acid groups (broad SMARTS) is 1. The third-order valence-corrected chi connectivity index (χ3v) is 5.98. The molecule has 8 heteroatoms. The van der Waals surface area contributed by atoms with Crippen molar-refractivity contribution in [2.24, 2.45) is 0 Å². The first-order chi connectivity index (χ1) is 15.9. The fourth-order valence-corrected chi connectivity index (χ4v) is 4.24. The van der Waals surface area contributed by atoms with Crippen LogP contribution in [0.5, 0.6) is 0 Å². The number of benzene rings is 3. The summed E-state index contributed by atoms with van der Waals surface area (Å²) in [7, 11) is 0. The van der Waals surface area contributed by atoms with Crippen LogP contribution in [0.2, 0.25) is 10.0 Å². The van der Waals surface area contributed by atoms with Gasteiger partial charge in [-0.1, -0.05) is 65.7 Å². The summed E-state index contributed by atoms with van der Waals surface area (Å²) < 4.78 is 16.3. The Hall–Kier alpha value is -3.61. The number of fused-ring (bicyclic) bond motifs is 1. The maximum atomic E-state index is 14.5. The van der Waals surface area contributed by atoms with Crippen LogP contribution in [0, 0.1) is 5.82 Å². The normalized spacial score (nSPS) is 11.2. The molecule has 33 heavy (non-hydrogen) atoms. The van der Waals surface area contributed by atoms with Gasteiger partial charge in [-0.3, -0.25) is 0 Å². The smallest absolute Gasteiger partial charge is 0.353 e. The molecule has 0 bridgehead atoms. The van der Waals surface area contributed by atoms with Gasteiger partial charge in [0.15, 0.2) is 0 Å². The van der Waals surface area contributed by atoms with E-state index in [-0.39, 0.29) is 10.7 Å². The van der Waals surface area contributed by atoms with E-state index in [4.69, 9.17) is 23.2 Å². The predicted octanol–water partition coefficient (Wildman–Crippen LogP) is 6.89. The topological polar surface area (TPSA) is 70.9 Å². The summed E-state index contributed by atoms with van der Waals surface area (Å²) in [6, 6.07) is 19.4. The van der Waals surface area contributed by atoms with E-state index < -0.39 is 11.8 Å². The molecule has 0 spiro atoms. The molecule has 5 nitrogen and oxygen atoms in total. The molecule has 2 N–H and O–H groups in total. The van der Waals surface area contributed by atoms with Gasteiger partial charge in [-0.2, -0.15) is 0 Å². The van der Waals surface area contributed by atoms with Gasteiger partial charge in [0.1, 0.15) is 11.5 Å². The molecule has 0 fully saturated rings. The number of hydrogen-bond donors (Lipinski definition) is 2. The zero-order valence-corrected chi connectivity index (χ0v) is 18.5. The fraction of sp³-hybridized carbons (Fsp3) is 0.0400. The molecular formula is C25H16Cl2FN3O2. The van der Waals surface area contributed by atoms with E-state index in [0.29, 0.717) is 39.4 Å². The van der Waals surface area contributed by atoms with Gasteiger partial charge in [0, 0.05) is 33.6 Å². The van der Waals surface area contributed by atoms with E-state index in [1.165, 1.54) is 12.1 Å². The van der Waals surface area contributed by atoms with Gasteiger partial charge < -0.3 is 14.7 Å². The highest BCUT2D eigenvalue weighted by Gasteiger charge is 2.26. The maximum absolute atomic E-state index is 14.5. The van der Waals surface area contributed by atoms with Crippen molar-refractivity contribution in [1.29, 1.82) is 0 Å². The van der Waals surface area contributed by atoms with E-state index in [1.54, 1.807) is 18.5 Å². The van der Waals surface area contributed by atoms with Gasteiger partial charge >= 0.3 is 5.97 Å². The molecular weight excluding hydrogens is 464 g/mol. The zero-order valence-electron chi connectivity index (χ0n) is 17.0. The van der Waals surface area contributed by atoms with Crippen LogP contribution in [0.15, 0.2) is 73.1 Å². The lowest BCUT2D eigenvalue weighted by Crippen LogP contribution is -2.05. The van der Waals surface area contributed by atoms with Gasteiger partial charge in [-0.05, 0) is 29.8 Å². The van der Waals surface area contributed by atoms with Gasteiger partial charge in [-0.15, -0.1) is 0 Å². The highest BCUT2D eigenvalue weighted by molar-refractivity contribution is 6.31. The Labute approximate surface area is 198 Å². The number of H-pyrrole nitrogens is 1. The predicted molar refractivity (Wildman–Crippen MR) is 127 cm³/mol. The molecule has 5 aromatic rings. The number of halogens is 3. The Morgan fingerprint density at radius 2 is 1.79 bits per heavy atom. The first-order valence-electron chi connectivity index (χ1n) is 10.0. The first kappa shape index (κ1) is 21.2. The highest BCUT2D eigenvalue weighted by Crippen LogP contribution is 2.40. The Bertz CT molecular complexity index is 1490. The Morgan fingerprint density at radius 1 is 1.06 bits per heavy atom. The number of aromatic carboxylic acids is 1. The second-order valence-electron chi connectivity index (χ2n) is 7.55. The summed E-state index contributed by atoms with van der Waals surface area (Å²) in [5.74, 6) is -1.80. The number of carbonyl (C=O) groups is 1. The van der Waals surface area contributed by atoms with Crippen molar-refractivity contribution in [3.8, 4) is 22.5 Å². The summed E-state index contributed by atoms with van der Waals surface area (Å²) in [6.07, 6.45) is 1.66. The van der Waals surface area contributed by atoms with Gasteiger partial charge in [0.05, 0.1) is 22.7 Å². The zero-order chi connectivity index (χ0) is 23.1. The molecule has 2 aromatic heterocycles. The molecule has 3 aromatic carbocycles. The number of hydrogen-bond acceptors (Lipinski definition) is 2. The van der Waals surface area contributed by atoms with Gasteiger partial charge in [0.25, 0.3) is 0 Å². The molecule has 0 unspecified atom stereocenters. The molecule has 0 aliphatic heterocycles. The minimum absolute atomic E-state index is 0.0679. The van der Waals surface area contributed by atoms with Crippen LogP contribution in [0.4, 0.5) is 4.39 Å². The van der Waals surface area contributed by atoms with Crippen molar-refractivity contribution in [2.75, 3.05) is 0 Å². The molecule has 164 valence electrons. The molecule has 0 saturated heterocycles. The van der Waals surface area contributed by atoms with Crippen LogP contribution in [0.1, 0.15) is 16.1 Å². The lowest BCUT2D eigenvalue weighted by atomic mass is 10.0. The van der Waals surface area contributed by atoms with Crippen molar-refractivity contribution in [3.05, 3.63) is 100 Å². The van der Waals surface area contributed by atoms with Crippen LogP contribution in [0.3, 0.4) is 0 Å². The van der Waals surface area contributed by atoms with Crippen molar-refractivity contribution < 1.29 is 14.3 Å². The average Bonchev–Trinajstić information content (AvgIpc) is 3.37. The number of nitrogens with one attached hydrogen (secondary N) is 1. The van der Waals surface area contributed by atoms with E-state index in [0.717, 1.165) is 11.1 Å². The number of rotatable bonds is 5. The standard InChI is InChI=1S/C25H16Cl2FN3O2/c26-16-8-6-14(7-9-16)12-31-13-29-22(15-4-2-1-3-5-15)24(31)21-17-10-19(28)18(27)11-20(17)30-23(21)25(32)33/h1-11,13,30H,12H2,(H,32,33). The SMILES string of the molecule is O=C(O)c1[nH]c2cc(Cl)c(F)cc2c1-c1c(-c2ccccc2)ncn1Cc1ccc(Cl)cc1. The monoisotopic (exact) mass is 479 g/mol. The minimum atomic E-state index is -1.17. The van der Waals surface area contributed by atoms with Crippen LogP contribution >= 0.6 is 23.2 Å². The third kappa shape index (κ3) is 3.88. The van der Waals surface area contributed by atoms with Gasteiger partial charge in [-0.25, -0.2) is 14.2 Å². The molecule has 0 amide bonds. The van der Waals surface area contributed by atoms with E-state index in [1.807, 2.05) is 47.0 Å². The Balaban J connectivity index is 1.81. The molecule has 0 atom stereocenters. The Morgan fingerprint density at radius 3 is 2.48 bits per heavy atom. The molecule has 5 rings (SSSR count). The van der Waals surface area contributed by atoms with Crippen LogP contribution in [0.25, 0.3) is 33.4 Å². The van der Waals surface area contributed by atoms with Gasteiger partial charge in [0.2, 0.25) is 0 Å². The van der Waals surface area contributed by atoms with Crippen LogP contribution in [-0.4, -0.2) is 25.6 Å². The average molecular weight is 480 g/mol. The second kappa shape index (κ2) is 8.39. The van der Waals surface area contributed by atoms with Crippen molar-refractivity contribution in [3.63, 3.8) is 0 Å². The van der Waals surface area contributed by atoms with Crippen molar-refractivity contribution in [2.45, 2.75) is 6.54 Å². The number of imidazole rings is 1. The van der Waals surface area contributed by atoms with Crippen LogP contribution < -0.4 is 0 Å². The second-order valence-corrected chi connectivity index (χ2v) is 8.40. The number of nitrogens with zero attached hydrogens (tertiary/aromatic N) is 2. The summed E-state index contributed by atoms with van der Waals surface area (Å²) in [5.41, 5.74) is 3.60. The first-order valence-corrected chi connectivity index (χ1v) is 10.8. The summed E-state index contributed by atoms with van der Waals surface area (Å²) in [4.78, 5) is 19.7. The minimum Gasteiger partial charge on any atom is -0.477 e. The molecule has 0 aliphatic rings. The quantitative estimate of drug-likeness (QED) is 0.288. The Kier molecular flexibility index (Phi) is 5.40. The molecule has 0 saturated carbocycles. The third-order valence-electron chi connectivity index (χ3n) is 5.44. The molecule has 2 heterocycles. The summed E-state index contributed by atoms with van der Waals surface area (Å²) >= 11 is 12.0. The van der Waals surface area contributed by atoms with E-state index in [9.17, 15) is 14.3 Å². The largest absolute Gasteiger partial charge is 0.477 e. The number of carboxylic acids is 1. The van der Waals surface area contributed by atoms with E-state index in [2.05, 4.69) is 9.97 Å². The summed E-state index contributed by atoms with van der Waals surface area (Å²) in [6.45, 7) is 0.411. The number of aromatic amines is 1. The van der Waals surface area contributed by atoms with Crippen LogP contribution in [-0.2, 0) is 6.54 Å². The lowest BCUT2D eigenvalue weighted by molar-refractivity contribution is 0.0692. The summed E-state index contributed by atoms with van der Waals surface area (Å²) in [5, 5.41) is 10.9. The molecule has 0 radical (unpaired) electrons. The highest BCUT2D eigenvalue weighted by atomic mass is 35.5. The molecule has 0 aliphatic carbocycles. The maximum Gasteiger partial charge on any atom is 0.353 e.